The highest BCUT2D eigenvalue weighted by molar-refractivity contribution is 5.75. The van der Waals surface area contributed by atoms with Crippen LogP contribution in [0.3, 0.4) is 0 Å². The summed E-state index contributed by atoms with van der Waals surface area (Å²) in [5.41, 5.74) is 8.12. The lowest BCUT2D eigenvalue weighted by Crippen LogP contribution is -1.97. The second-order valence-corrected chi connectivity index (χ2v) is 5.60. The average Bonchev–Trinajstić information content (AvgIpc) is 2.85. The van der Waals surface area contributed by atoms with Crippen LogP contribution >= 0.6 is 0 Å². The summed E-state index contributed by atoms with van der Waals surface area (Å²) in [5.74, 6) is 3.92. The lowest BCUT2D eigenvalue weighted by molar-refractivity contribution is 0.356. The third-order valence-electron chi connectivity index (χ3n) is 4.42. The van der Waals surface area contributed by atoms with Crippen molar-refractivity contribution >= 4 is 5.82 Å². The molecule has 2 atom stereocenters. The molecular weight excluding hydrogens is 224 g/mol. The summed E-state index contributed by atoms with van der Waals surface area (Å²) in [6.07, 6.45) is 3.92. The van der Waals surface area contributed by atoms with Gasteiger partial charge in [-0.3, -0.25) is 0 Å². The molecule has 92 valence electrons. The van der Waals surface area contributed by atoms with Gasteiger partial charge in [0.1, 0.15) is 5.76 Å². The number of nitrogens with zero attached hydrogens (tertiary/aromatic N) is 1. The number of rotatable bonds is 2. The van der Waals surface area contributed by atoms with Crippen molar-refractivity contribution in [3.63, 3.8) is 0 Å². The van der Waals surface area contributed by atoms with E-state index in [0.717, 1.165) is 28.7 Å². The summed E-state index contributed by atoms with van der Waals surface area (Å²) in [6, 6.07) is 10.2. The quantitative estimate of drug-likeness (QED) is 0.874. The smallest absolute Gasteiger partial charge is 0.175 e. The molecule has 2 N–H and O–H groups in total. The van der Waals surface area contributed by atoms with Gasteiger partial charge >= 0.3 is 0 Å². The maximum atomic E-state index is 5.98. The Morgan fingerprint density at radius 3 is 2.50 bits per heavy atom. The number of benzene rings is 1. The van der Waals surface area contributed by atoms with Crippen molar-refractivity contribution in [1.29, 1.82) is 0 Å². The van der Waals surface area contributed by atoms with Crippen LogP contribution in [0.4, 0.5) is 5.82 Å². The number of fused-ring (bicyclic) bond motifs is 1. The predicted octanol–water partition coefficient (Wildman–Crippen LogP) is 3.44. The molecule has 0 amide bonds. The second kappa shape index (κ2) is 3.61. The fraction of sp³-hybridized carbons (Fsp3) is 0.400. The highest BCUT2D eigenvalue weighted by atomic mass is 16.5. The molecule has 2 aromatic rings. The first-order valence-corrected chi connectivity index (χ1v) is 6.63. The Hall–Kier alpha value is -1.77. The Morgan fingerprint density at radius 2 is 1.78 bits per heavy atom. The fourth-order valence-corrected chi connectivity index (χ4v) is 3.42. The molecule has 1 aromatic heterocycles. The Labute approximate surface area is 106 Å². The summed E-state index contributed by atoms with van der Waals surface area (Å²) in [5, 5.41) is 3.98. The molecule has 3 nitrogen and oxygen atoms in total. The second-order valence-electron chi connectivity index (χ2n) is 5.60. The Kier molecular flexibility index (Phi) is 2.04. The first kappa shape index (κ1) is 10.2. The van der Waals surface area contributed by atoms with Gasteiger partial charge in [0.15, 0.2) is 5.82 Å². The van der Waals surface area contributed by atoms with Gasteiger partial charge in [-0.1, -0.05) is 35.5 Å². The number of anilines is 1. The number of hydrogen-bond donors (Lipinski definition) is 1. The largest absolute Gasteiger partial charge is 0.380 e. The maximum absolute atomic E-state index is 5.98. The first-order chi connectivity index (χ1) is 8.83. The molecule has 3 heteroatoms. The molecule has 0 saturated heterocycles. The third-order valence-corrected chi connectivity index (χ3v) is 4.42. The van der Waals surface area contributed by atoms with E-state index in [-0.39, 0.29) is 0 Å². The molecule has 0 bridgehead atoms. The van der Waals surface area contributed by atoms with Crippen LogP contribution in [0.5, 0.6) is 0 Å². The van der Waals surface area contributed by atoms with E-state index >= 15 is 0 Å². The van der Waals surface area contributed by atoms with Crippen molar-refractivity contribution in [2.45, 2.75) is 25.2 Å². The molecule has 1 heterocycles. The molecule has 0 aliphatic heterocycles. The van der Waals surface area contributed by atoms with Gasteiger partial charge in [0.2, 0.25) is 0 Å². The van der Waals surface area contributed by atoms with Crippen molar-refractivity contribution < 1.29 is 4.52 Å². The number of nitrogens with two attached hydrogens (primary N) is 1. The molecular formula is C15H16N2O. The van der Waals surface area contributed by atoms with E-state index in [9.17, 15) is 0 Å². The molecule has 2 saturated carbocycles. The molecule has 2 fully saturated rings. The van der Waals surface area contributed by atoms with Crippen LogP contribution in [0, 0.1) is 11.8 Å². The summed E-state index contributed by atoms with van der Waals surface area (Å²) in [4.78, 5) is 0. The Balaban J connectivity index is 1.76. The first-order valence-electron chi connectivity index (χ1n) is 6.63. The minimum atomic E-state index is 0.522. The van der Waals surface area contributed by atoms with Crippen LogP contribution in [0.25, 0.3) is 11.1 Å². The molecule has 4 rings (SSSR count). The van der Waals surface area contributed by atoms with Crippen molar-refractivity contribution in [3.05, 3.63) is 36.1 Å². The lowest BCUT2D eigenvalue weighted by Gasteiger charge is -2.10. The van der Waals surface area contributed by atoms with Crippen LogP contribution < -0.4 is 5.73 Å². The molecule has 0 spiro atoms. The molecule has 2 unspecified atom stereocenters. The van der Waals surface area contributed by atoms with E-state index in [1.807, 2.05) is 18.2 Å². The van der Waals surface area contributed by atoms with Gasteiger partial charge in [0.25, 0.3) is 0 Å². The van der Waals surface area contributed by atoms with Gasteiger partial charge in [-0.25, -0.2) is 0 Å². The molecule has 2 aliphatic carbocycles. The SMILES string of the molecule is Nc1noc(C2CC3CC3C2)c1-c1ccccc1. The van der Waals surface area contributed by atoms with Gasteiger partial charge in [-0.15, -0.1) is 0 Å². The highest BCUT2D eigenvalue weighted by Gasteiger charge is 2.48. The van der Waals surface area contributed by atoms with Crippen molar-refractivity contribution in [1.82, 2.24) is 5.16 Å². The van der Waals surface area contributed by atoms with Gasteiger partial charge in [0, 0.05) is 5.92 Å². The summed E-state index contributed by atoms with van der Waals surface area (Å²) < 4.78 is 5.53. The molecule has 0 radical (unpaired) electrons. The monoisotopic (exact) mass is 240 g/mol. The van der Waals surface area contributed by atoms with E-state index in [1.54, 1.807) is 0 Å². The zero-order chi connectivity index (χ0) is 12.1. The van der Waals surface area contributed by atoms with Crippen LogP contribution in [0.2, 0.25) is 0 Å². The summed E-state index contributed by atoms with van der Waals surface area (Å²) >= 11 is 0. The zero-order valence-electron chi connectivity index (χ0n) is 10.2. The normalized spacial score (nSPS) is 29.2. The standard InChI is InChI=1S/C15H16N2O/c16-15-13(9-4-2-1-3-5-9)14(18-17-15)12-7-10-6-11(10)8-12/h1-5,10-12H,6-8H2,(H2,16,17). The highest BCUT2D eigenvalue weighted by Crippen LogP contribution is 2.58. The van der Waals surface area contributed by atoms with Crippen LogP contribution in [-0.4, -0.2) is 5.16 Å². The average molecular weight is 240 g/mol. The van der Waals surface area contributed by atoms with Gasteiger partial charge in [-0.05, 0) is 36.7 Å². The Bertz CT molecular complexity index is 565. The topological polar surface area (TPSA) is 52.0 Å². The number of nitrogen functional groups attached to an aromatic ring is 1. The summed E-state index contributed by atoms with van der Waals surface area (Å²) in [7, 11) is 0. The third kappa shape index (κ3) is 1.47. The zero-order valence-corrected chi connectivity index (χ0v) is 10.2. The van der Waals surface area contributed by atoms with E-state index in [1.165, 1.54) is 19.3 Å². The van der Waals surface area contributed by atoms with Crippen LogP contribution in [-0.2, 0) is 0 Å². The minimum Gasteiger partial charge on any atom is -0.380 e. The van der Waals surface area contributed by atoms with Crippen molar-refractivity contribution in [2.24, 2.45) is 11.8 Å². The number of hydrogen-bond acceptors (Lipinski definition) is 3. The van der Waals surface area contributed by atoms with Crippen molar-refractivity contribution in [3.8, 4) is 11.1 Å². The van der Waals surface area contributed by atoms with Crippen LogP contribution in [0.1, 0.15) is 30.9 Å². The lowest BCUT2D eigenvalue weighted by atomic mass is 9.94. The van der Waals surface area contributed by atoms with E-state index in [2.05, 4.69) is 17.3 Å². The van der Waals surface area contributed by atoms with Gasteiger partial charge in [-0.2, -0.15) is 0 Å². The molecule has 1 aromatic carbocycles. The fourth-order valence-electron chi connectivity index (χ4n) is 3.42. The van der Waals surface area contributed by atoms with Crippen LogP contribution in [0.15, 0.2) is 34.9 Å². The number of aromatic nitrogens is 1. The minimum absolute atomic E-state index is 0.522. The van der Waals surface area contributed by atoms with E-state index < -0.39 is 0 Å². The van der Waals surface area contributed by atoms with Gasteiger partial charge < -0.3 is 10.3 Å². The predicted molar refractivity (Wildman–Crippen MR) is 69.9 cm³/mol. The summed E-state index contributed by atoms with van der Waals surface area (Å²) in [6.45, 7) is 0. The Morgan fingerprint density at radius 1 is 1.06 bits per heavy atom. The maximum Gasteiger partial charge on any atom is 0.175 e. The molecule has 2 aliphatic rings. The van der Waals surface area contributed by atoms with Crippen molar-refractivity contribution in [2.75, 3.05) is 5.73 Å². The van der Waals surface area contributed by atoms with Gasteiger partial charge in [0.05, 0.1) is 5.56 Å². The van der Waals surface area contributed by atoms with E-state index in [0.29, 0.717) is 11.7 Å². The van der Waals surface area contributed by atoms with E-state index in [4.69, 9.17) is 10.3 Å². The molecule has 18 heavy (non-hydrogen) atoms.